The third-order valence-electron chi connectivity index (χ3n) is 3.32. The van der Waals surface area contributed by atoms with Crippen LogP contribution in [-0.4, -0.2) is 27.8 Å². The van der Waals surface area contributed by atoms with Gasteiger partial charge in [0, 0.05) is 6.54 Å². The van der Waals surface area contributed by atoms with Crippen LogP contribution in [-0.2, 0) is 10.0 Å². The van der Waals surface area contributed by atoms with Gasteiger partial charge in [-0.1, -0.05) is 12.1 Å². The predicted molar refractivity (Wildman–Crippen MR) is 74.5 cm³/mol. The minimum atomic E-state index is -3.23. The van der Waals surface area contributed by atoms with E-state index in [4.69, 9.17) is 0 Å². The summed E-state index contributed by atoms with van der Waals surface area (Å²) in [6.45, 7) is 4.01. The summed E-state index contributed by atoms with van der Waals surface area (Å²) in [7, 11) is -3.23. The second kappa shape index (κ2) is 5.28. The van der Waals surface area contributed by atoms with Crippen LogP contribution < -0.4 is 10.0 Å². The van der Waals surface area contributed by atoms with Gasteiger partial charge in [0.05, 0.1) is 11.9 Å². The first kappa shape index (κ1) is 13.4. The Kier molecular flexibility index (Phi) is 3.92. The van der Waals surface area contributed by atoms with E-state index in [1.54, 1.807) is 0 Å². The van der Waals surface area contributed by atoms with Crippen molar-refractivity contribution in [3.8, 4) is 0 Å². The molecular weight excluding hydrogens is 248 g/mol. The first-order chi connectivity index (χ1) is 8.47. The molecule has 5 heteroatoms. The van der Waals surface area contributed by atoms with Gasteiger partial charge in [-0.25, -0.2) is 8.42 Å². The van der Waals surface area contributed by atoms with Crippen LogP contribution in [0.25, 0.3) is 0 Å². The lowest BCUT2D eigenvalue weighted by Crippen LogP contribution is -2.29. The van der Waals surface area contributed by atoms with Gasteiger partial charge in [-0.05, 0) is 49.4 Å². The molecule has 100 valence electrons. The second-order valence-corrected chi connectivity index (χ2v) is 6.70. The molecule has 1 heterocycles. The highest BCUT2D eigenvalue weighted by molar-refractivity contribution is 7.92. The third-order valence-corrected chi connectivity index (χ3v) is 3.92. The van der Waals surface area contributed by atoms with Gasteiger partial charge >= 0.3 is 0 Å². The van der Waals surface area contributed by atoms with E-state index in [9.17, 15) is 8.42 Å². The number of hydrogen-bond donors (Lipinski definition) is 2. The van der Waals surface area contributed by atoms with Gasteiger partial charge in [0.2, 0.25) is 10.0 Å². The molecule has 1 fully saturated rings. The second-order valence-electron chi connectivity index (χ2n) is 4.95. The van der Waals surface area contributed by atoms with Crippen LogP contribution in [0.5, 0.6) is 0 Å². The fourth-order valence-electron chi connectivity index (χ4n) is 2.61. The zero-order valence-electron chi connectivity index (χ0n) is 10.9. The SMILES string of the molecule is Cc1cccc(NS(C)(=O)=O)c1C1CCCNC1. The van der Waals surface area contributed by atoms with Crippen LogP contribution in [0.4, 0.5) is 5.69 Å². The summed E-state index contributed by atoms with van der Waals surface area (Å²) >= 11 is 0. The molecule has 0 radical (unpaired) electrons. The Bertz CT molecular complexity index is 520. The van der Waals surface area contributed by atoms with Crippen LogP contribution in [0.3, 0.4) is 0 Å². The lowest BCUT2D eigenvalue weighted by atomic mass is 9.87. The normalized spacial score (nSPS) is 20.7. The number of aryl methyl sites for hydroxylation is 1. The predicted octanol–water partition coefficient (Wildman–Crippen LogP) is 1.83. The van der Waals surface area contributed by atoms with Crippen molar-refractivity contribution in [2.24, 2.45) is 0 Å². The van der Waals surface area contributed by atoms with E-state index in [2.05, 4.69) is 10.0 Å². The van der Waals surface area contributed by atoms with E-state index in [0.29, 0.717) is 5.92 Å². The molecule has 4 nitrogen and oxygen atoms in total. The molecule has 1 aliphatic rings. The number of hydrogen-bond acceptors (Lipinski definition) is 3. The minimum absolute atomic E-state index is 0.393. The first-order valence-corrected chi connectivity index (χ1v) is 8.14. The molecule has 2 rings (SSSR count). The Morgan fingerprint density at radius 1 is 1.39 bits per heavy atom. The van der Waals surface area contributed by atoms with Crippen LogP contribution in [0.2, 0.25) is 0 Å². The summed E-state index contributed by atoms with van der Waals surface area (Å²) in [5.74, 6) is 0.393. The molecule has 1 aliphatic heterocycles. The van der Waals surface area contributed by atoms with Crippen LogP contribution >= 0.6 is 0 Å². The Balaban J connectivity index is 2.37. The van der Waals surface area contributed by atoms with Crippen molar-refractivity contribution in [2.75, 3.05) is 24.1 Å². The molecule has 1 atom stereocenters. The van der Waals surface area contributed by atoms with E-state index in [1.165, 1.54) is 6.26 Å². The average molecular weight is 268 g/mol. The topological polar surface area (TPSA) is 58.2 Å². The van der Waals surface area contributed by atoms with Crippen molar-refractivity contribution in [1.82, 2.24) is 5.32 Å². The number of piperidine rings is 1. The number of nitrogens with one attached hydrogen (secondary N) is 2. The van der Waals surface area contributed by atoms with Crippen molar-refractivity contribution in [3.05, 3.63) is 29.3 Å². The largest absolute Gasteiger partial charge is 0.316 e. The molecule has 1 aromatic carbocycles. The molecule has 2 N–H and O–H groups in total. The number of benzene rings is 1. The standard InChI is InChI=1S/C13H20N2O2S/c1-10-5-3-7-12(15-18(2,16)17)13(10)11-6-4-8-14-9-11/h3,5,7,11,14-15H,4,6,8-9H2,1-2H3. The van der Waals surface area contributed by atoms with E-state index in [-0.39, 0.29) is 0 Å². The van der Waals surface area contributed by atoms with Gasteiger partial charge in [0.1, 0.15) is 0 Å². The van der Waals surface area contributed by atoms with Gasteiger partial charge in [-0.3, -0.25) is 4.72 Å². The molecule has 0 aromatic heterocycles. The summed E-state index contributed by atoms with van der Waals surface area (Å²) in [6, 6.07) is 5.78. The molecule has 1 unspecified atom stereocenters. The van der Waals surface area contributed by atoms with Gasteiger partial charge in [-0.15, -0.1) is 0 Å². The lowest BCUT2D eigenvalue weighted by molar-refractivity contribution is 0.461. The molecule has 0 amide bonds. The molecule has 0 aliphatic carbocycles. The van der Waals surface area contributed by atoms with Crippen molar-refractivity contribution in [2.45, 2.75) is 25.7 Å². The Morgan fingerprint density at radius 3 is 2.78 bits per heavy atom. The summed E-state index contributed by atoms with van der Waals surface area (Å²) in [5.41, 5.74) is 3.01. The molecular formula is C13H20N2O2S. The van der Waals surface area contributed by atoms with E-state index < -0.39 is 10.0 Å². The quantitative estimate of drug-likeness (QED) is 0.879. The minimum Gasteiger partial charge on any atom is -0.316 e. The zero-order chi connectivity index (χ0) is 13.2. The average Bonchev–Trinajstić information content (AvgIpc) is 2.28. The highest BCUT2D eigenvalue weighted by Gasteiger charge is 2.21. The van der Waals surface area contributed by atoms with Crippen molar-refractivity contribution in [1.29, 1.82) is 0 Å². The van der Waals surface area contributed by atoms with Gasteiger partial charge in [-0.2, -0.15) is 0 Å². The molecule has 0 spiro atoms. The monoisotopic (exact) mass is 268 g/mol. The van der Waals surface area contributed by atoms with Crippen molar-refractivity contribution >= 4 is 15.7 Å². The number of anilines is 1. The molecule has 1 aromatic rings. The highest BCUT2D eigenvalue weighted by atomic mass is 32.2. The third kappa shape index (κ3) is 3.23. The Morgan fingerprint density at radius 2 is 2.17 bits per heavy atom. The Labute approximate surface area is 109 Å². The van der Waals surface area contributed by atoms with E-state index in [1.807, 2.05) is 25.1 Å². The maximum absolute atomic E-state index is 11.4. The zero-order valence-corrected chi connectivity index (χ0v) is 11.7. The van der Waals surface area contributed by atoms with Gasteiger partial charge < -0.3 is 5.32 Å². The fourth-order valence-corrected chi connectivity index (χ4v) is 3.19. The summed E-state index contributed by atoms with van der Waals surface area (Å²) in [5, 5.41) is 3.37. The highest BCUT2D eigenvalue weighted by Crippen LogP contribution is 2.32. The molecule has 0 bridgehead atoms. The molecule has 1 saturated heterocycles. The van der Waals surface area contributed by atoms with Crippen LogP contribution in [0, 0.1) is 6.92 Å². The molecule has 0 saturated carbocycles. The smallest absolute Gasteiger partial charge is 0.229 e. The van der Waals surface area contributed by atoms with Crippen LogP contribution in [0.15, 0.2) is 18.2 Å². The molecule has 18 heavy (non-hydrogen) atoms. The fraction of sp³-hybridized carbons (Fsp3) is 0.538. The Hall–Kier alpha value is -1.07. The van der Waals surface area contributed by atoms with Gasteiger partial charge in [0.25, 0.3) is 0 Å². The summed E-state index contributed by atoms with van der Waals surface area (Å²) in [4.78, 5) is 0. The van der Waals surface area contributed by atoms with E-state index >= 15 is 0 Å². The van der Waals surface area contributed by atoms with Crippen molar-refractivity contribution < 1.29 is 8.42 Å². The van der Waals surface area contributed by atoms with E-state index in [0.717, 1.165) is 42.7 Å². The number of sulfonamides is 1. The summed E-state index contributed by atoms with van der Waals surface area (Å²) in [6.07, 6.45) is 3.44. The maximum Gasteiger partial charge on any atom is 0.229 e. The van der Waals surface area contributed by atoms with Gasteiger partial charge in [0.15, 0.2) is 0 Å². The summed E-state index contributed by atoms with van der Waals surface area (Å²) < 4.78 is 25.5. The number of rotatable bonds is 3. The first-order valence-electron chi connectivity index (χ1n) is 6.25. The maximum atomic E-state index is 11.4. The van der Waals surface area contributed by atoms with Crippen molar-refractivity contribution in [3.63, 3.8) is 0 Å². The van der Waals surface area contributed by atoms with Crippen LogP contribution in [0.1, 0.15) is 29.9 Å². The lowest BCUT2D eigenvalue weighted by Gasteiger charge is -2.26.